The molecule has 6 rings (SSSR count). The van der Waals surface area contributed by atoms with Crippen LogP contribution in [0.2, 0.25) is 0 Å². The lowest BCUT2D eigenvalue weighted by Crippen LogP contribution is -3.12. The maximum absolute atomic E-state index is 13.6. The van der Waals surface area contributed by atoms with Gasteiger partial charge in [-0.3, -0.25) is 24.6 Å². The standard InChI is InChI=1S/C22H16N2O5/c25-20(12-5-6-14-15(9-12)29-10-28-14)19-17-16(21(26)23-22(17)27)18-13-4-2-1-3-11(13)7-8-24(18)19/h1-9,16-19H,10H2,(H,23,26,27)/p+1/t16-,17+,18+,19+/m0/s1. The van der Waals surface area contributed by atoms with Crippen molar-refractivity contribution in [3.63, 3.8) is 0 Å². The Hall–Kier alpha value is -3.45. The second-order valence-electron chi connectivity index (χ2n) is 7.75. The molecule has 144 valence electrons. The van der Waals surface area contributed by atoms with Gasteiger partial charge in [-0.05, 0) is 29.8 Å². The van der Waals surface area contributed by atoms with Crippen molar-refractivity contribution >= 4 is 23.7 Å². The fourth-order valence-electron chi connectivity index (χ4n) is 5.20. The van der Waals surface area contributed by atoms with Gasteiger partial charge in [0.1, 0.15) is 17.9 Å². The maximum Gasteiger partial charge on any atom is 0.237 e. The minimum absolute atomic E-state index is 0.122. The van der Waals surface area contributed by atoms with Crippen LogP contribution in [0, 0.1) is 11.8 Å². The summed E-state index contributed by atoms with van der Waals surface area (Å²) < 4.78 is 10.7. The monoisotopic (exact) mass is 389 g/mol. The molecule has 0 radical (unpaired) electrons. The Bertz CT molecular complexity index is 1120. The number of ether oxygens (including phenoxy) is 2. The number of imide groups is 1. The van der Waals surface area contributed by atoms with E-state index >= 15 is 0 Å². The van der Waals surface area contributed by atoms with E-state index in [9.17, 15) is 14.4 Å². The highest BCUT2D eigenvalue weighted by Crippen LogP contribution is 2.41. The maximum atomic E-state index is 13.6. The Balaban J connectivity index is 1.47. The smallest absolute Gasteiger partial charge is 0.237 e. The van der Waals surface area contributed by atoms with Gasteiger partial charge in [0.15, 0.2) is 17.5 Å². The first-order chi connectivity index (χ1) is 14.1. The highest BCUT2D eigenvalue weighted by Gasteiger charge is 2.65. The lowest BCUT2D eigenvalue weighted by atomic mass is 9.83. The Morgan fingerprint density at radius 3 is 2.69 bits per heavy atom. The molecule has 0 aliphatic carbocycles. The Kier molecular flexibility index (Phi) is 3.29. The molecule has 1 unspecified atom stereocenters. The van der Waals surface area contributed by atoms with Gasteiger partial charge < -0.3 is 9.47 Å². The third kappa shape index (κ3) is 2.19. The highest BCUT2D eigenvalue weighted by atomic mass is 16.7. The molecule has 2 aromatic carbocycles. The quantitative estimate of drug-likeness (QED) is 0.577. The average molecular weight is 389 g/mol. The van der Waals surface area contributed by atoms with Crippen molar-refractivity contribution in [1.82, 2.24) is 5.32 Å². The first-order valence-corrected chi connectivity index (χ1v) is 9.56. The topological polar surface area (TPSA) is 86.1 Å². The van der Waals surface area contributed by atoms with Gasteiger partial charge in [-0.15, -0.1) is 0 Å². The van der Waals surface area contributed by atoms with Gasteiger partial charge in [-0.25, -0.2) is 0 Å². The molecular formula is C22H17N2O5+. The average Bonchev–Trinajstić information content (AvgIpc) is 3.41. The van der Waals surface area contributed by atoms with Crippen LogP contribution in [0.25, 0.3) is 6.08 Å². The summed E-state index contributed by atoms with van der Waals surface area (Å²) >= 11 is 0. The van der Waals surface area contributed by atoms with Crippen molar-refractivity contribution in [2.24, 2.45) is 11.8 Å². The van der Waals surface area contributed by atoms with Crippen molar-refractivity contribution in [1.29, 1.82) is 0 Å². The van der Waals surface area contributed by atoms with Crippen molar-refractivity contribution in [2.75, 3.05) is 6.79 Å². The zero-order valence-electron chi connectivity index (χ0n) is 15.3. The Morgan fingerprint density at radius 1 is 1.00 bits per heavy atom. The molecule has 2 fully saturated rings. The predicted molar refractivity (Wildman–Crippen MR) is 100.0 cm³/mol. The van der Waals surface area contributed by atoms with Crippen LogP contribution in [0.5, 0.6) is 11.5 Å². The predicted octanol–water partition coefficient (Wildman–Crippen LogP) is 0.480. The van der Waals surface area contributed by atoms with E-state index in [2.05, 4.69) is 5.32 Å². The Labute approximate surface area is 165 Å². The number of carbonyl (C=O) groups excluding carboxylic acids is 3. The van der Waals surface area contributed by atoms with Crippen LogP contribution in [0.15, 0.2) is 48.7 Å². The number of hydrogen-bond donors (Lipinski definition) is 2. The largest absolute Gasteiger partial charge is 0.454 e. The molecule has 2 amide bonds. The van der Waals surface area contributed by atoms with Crippen LogP contribution in [-0.4, -0.2) is 30.4 Å². The number of hydrogen-bond acceptors (Lipinski definition) is 5. The summed E-state index contributed by atoms with van der Waals surface area (Å²) in [5.74, 6) is -0.993. The normalized spacial score (nSPS) is 30.6. The van der Waals surface area contributed by atoms with Gasteiger partial charge in [-0.2, -0.15) is 0 Å². The SMILES string of the molecule is O=C1NC(=O)[C@H]2[C@@H]1[C@H](C(=O)c1ccc3c(c1)OCO3)[NH+]1C=Cc3ccccc3[C@H]21. The molecule has 2 saturated heterocycles. The lowest BCUT2D eigenvalue weighted by Gasteiger charge is -2.29. The first-order valence-electron chi connectivity index (χ1n) is 9.56. The van der Waals surface area contributed by atoms with E-state index in [1.807, 2.05) is 36.5 Å². The zero-order valence-corrected chi connectivity index (χ0v) is 15.3. The minimum atomic E-state index is -0.698. The summed E-state index contributed by atoms with van der Waals surface area (Å²) in [6, 6.07) is 11.9. The molecule has 2 aromatic rings. The van der Waals surface area contributed by atoms with E-state index in [4.69, 9.17) is 9.47 Å². The van der Waals surface area contributed by atoms with Crippen LogP contribution < -0.4 is 19.7 Å². The third-order valence-corrected chi connectivity index (χ3v) is 6.40. The van der Waals surface area contributed by atoms with Crippen molar-refractivity contribution in [3.05, 3.63) is 65.4 Å². The lowest BCUT2D eigenvalue weighted by molar-refractivity contribution is -0.884. The molecule has 5 atom stereocenters. The van der Waals surface area contributed by atoms with E-state index in [0.717, 1.165) is 16.0 Å². The third-order valence-electron chi connectivity index (χ3n) is 6.40. The molecule has 0 spiro atoms. The van der Waals surface area contributed by atoms with Gasteiger partial charge in [0.25, 0.3) is 0 Å². The number of carbonyl (C=O) groups is 3. The number of ketones is 1. The number of rotatable bonds is 2. The van der Waals surface area contributed by atoms with Crippen molar-refractivity contribution < 1.29 is 28.8 Å². The fraction of sp³-hybridized carbons (Fsp3) is 0.227. The van der Waals surface area contributed by atoms with Crippen LogP contribution in [0.4, 0.5) is 0 Å². The van der Waals surface area contributed by atoms with E-state index in [-0.39, 0.29) is 30.4 Å². The molecule has 0 saturated carbocycles. The number of fused-ring (bicyclic) bond motifs is 6. The van der Waals surface area contributed by atoms with Crippen LogP contribution in [-0.2, 0) is 9.59 Å². The van der Waals surface area contributed by atoms with Gasteiger partial charge in [-0.1, -0.05) is 24.3 Å². The number of nitrogens with one attached hydrogen (secondary N) is 2. The molecule has 7 nitrogen and oxygen atoms in total. The highest BCUT2D eigenvalue weighted by molar-refractivity contribution is 6.11. The number of quaternary nitrogens is 1. The summed E-state index contributed by atoms with van der Waals surface area (Å²) in [5.41, 5.74) is 2.46. The van der Waals surface area contributed by atoms with E-state index in [0.29, 0.717) is 17.1 Å². The molecule has 4 heterocycles. The van der Waals surface area contributed by atoms with Crippen LogP contribution in [0.3, 0.4) is 0 Å². The summed E-state index contributed by atoms with van der Waals surface area (Å²) in [5, 5.41) is 2.45. The minimum Gasteiger partial charge on any atom is -0.454 e. The zero-order chi connectivity index (χ0) is 19.7. The van der Waals surface area contributed by atoms with Crippen molar-refractivity contribution in [2.45, 2.75) is 12.1 Å². The Morgan fingerprint density at radius 2 is 1.79 bits per heavy atom. The van der Waals surface area contributed by atoms with E-state index < -0.39 is 17.9 Å². The number of benzene rings is 2. The van der Waals surface area contributed by atoms with Crippen LogP contribution in [0.1, 0.15) is 27.5 Å². The summed E-state index contributed by atoms with van der Waals surface area (Å²) in [7, 11) is 0. The van der Waals surface area contributed by atoms with Crippen LogP contribution >= 0.6 is 0 Å². The van der Waals surface area contributed by atoms with Gasteiger partial charge in [0.05, 0.1) is 6.20 Å². The molecule has 4 aliphatic rings. The first kappa shape index (κ1) is 16.5. The molecule has 2 N–H and O–H groups in total. The second kappa shape index (κ2) is 5.78. The molecular weight excluding hydrogens is 372 g/mol. The summed E-state index contributed by atoms with van der Waals surface area (Å²) in [6.45, 7) is 0.122. The molecule has 0 aromatic heterocycles. The van der Waals surface area contributed by atoms with E-state index in [1.165, 1.54) is 0 Å². The molecule has 7 heteroatoms. The van der Waals surface area contributed by atoms with E-state index in [1.54, 1.807) is 18.2 Å². The number of Topliss-reactive ketones (excluding diaryl/α,β-unsaturated/α-hetero) is 1. The number of amides is 2. The van der Waals surface area contributed by atoms with Gasteiger partial charge in [0, 0.05) is 11.1 Å². The molecule has 4 aliphatic heterocycles. The second-order valence-corrected chi connectivity index (χ2v) is 7.75. The molecule has 29 heavy (non-hydrogen) atoms. The summed E-state index contributed by atoms with van der Waals surface area (Å²) in [4.78, 5) is 39.8. The van der Waals surface area contributed by atoms with Gasteiger partial charge in [0.2, 0.25) is 24.4 Å². The van der Waals surface area contributed by atoms with Gasteiger partial charge >= 0.3 is 0 Å². The van der Waals surface area contributed by atoms with Crippen molar-refractivity contribution in [3.8, 4) is 11.5 Å². The molecule has 0 bridgehead atoms. The summed E-state index contributed by atoms with van der Waals surface area (Å²) in [6.07, 6.45) is 3.88. The fourth-order valence-corrected chi connectivity index (χ4v) is 5.20.